The van der Waals surface area contributed by atoms with Crippen LogP contribution in [0.1, 0.15) is 12.0 Å². The van der Waals surface area contributed by atoms with Gasteiger partial charge >= 0.3 is 5.97 Å². The van der Waals surface area contributed by atoms with Crippen LogP contribution in [0.5, 0.6) is 11.5 Å². The SMILES string of the molecule is COC(=O)C(CO)NC(=O)CCc1ccc(O)c(O)c1. The minimum atomic E-state index is -1.08. The van der Waals surface area contributed by atoms with Crippen LogP contribution in [0.4, 0.5) is 0 Å². The van der Waals surface area contributed by atoms with E-state index in [0.717, 1.165) is 7.11 Å². The first-order valence-electron chi connectivity index (χ1n) is 5.96. The Balaban J connectivity index is 2.50. The van der Waals surface area contributed by atoms with E-state index in [4.69, 9.17) is 10.2 Å². The maximum absolute atomic E-state index is 11.6. The van der Waals surface area contributed by atoms with Gasteiger partial charge in [-0.1, -0.05) is 6.07 Å². The van der Waals surface area contributed by atoms with Gasteiger partial charge in [0.1, 0.15) is 0 Å². The van der Waals surface area contributed by atoms with Crippen molar-refractivity contribution in [1.82, 2.24) is 5.32 Å². The van der Waals surface area contributed by atoms with Crippen LogP contribution in [0.3, 0.4) is 0 Å². The van der Waals surface area contributed by atoms with Gasteiger partial charge in [0.15, 0.2) is 17.5 Å². The zero-order chi connectivity index (χ0) is 15.1. The molecule has 0 aliphatic heterocycles. The number of phenols is 2. The summed E-state index contributed by atoms with van der Waals surface area (Å²) in [5.74, 6) is -1.64. The number of aliphatic hydroxyl groups excluding tert-OH is 1. The lowest BCUT2D eigenvalue weighted by molar-refractivity contribution is -0.146. The first-order valence-corrected chi connectivity index (χ1v) is 5.96. The first-order chi connectivity index (χ1) is 9.47. The molecule has 7 heteroatoms. The summed E-state index contributed by atoms with van der Waals surface area (Å²) in [4.78, 5) is 22.8. The monoisotopic (exact) mass is 283 g/mol. The second-order valence-corrected chi connectivity index (χ2v) is 4.15. The van der Waals surface area contributed by atoms with E-state index in [1.807, 2.05) is 0 Å². The summed E-state index contributed by atoms with van der Waals surface area (Å²) in [5.41, 5.74) is 0.661. The van der Waals surface area contributed by atoms with Crippen LogP contribution in [-0.4, -0.2) is 47.0 Å². The van der Waals surface area contributed by atoms with Gasteiger partial charge in [0.25, 0.3) is 0 Å². The predicted octanol–water partition coefficient (Wildman–Crippen LogP) is -0.320. The molecule has 0 fully saturated rings. The largest absolute Gasteiger partial charge is 0.504 e. The minimum absolute atomic E-state index is 0.0672. The summed E-state index contributed by atoms with van der Waals surface area (Å²) in [5, 5.41) is 29.8. The van der Waals surface area contributed by atoms with E-state index < -0.39 is 24.5 Å². The van der Waals surface area contributed by atoms with E-state index in [1.54, 1.807) is 6.07 Å². The normalized spacial score (nSPS) is 11.7. The van der Waals surface area contributed by atoms with Crippen LogP contribution >= 0.6 is 0 Å². The van der Waals surface area contributed by atoms with Crippen molar-refractivity contribution in [2.24, 2.45) is 0 Å². The van der Waals surface area contributed by atoms with Gasteiger partial charge in [-0.25, -0.2) is 4.79 Å². The third-order valence-electron chi connectivity index (χ3n) is 2.68. The molecule has 0 radical (unpaired) electrons. The lowest BCUT2D eigenvalue weighted by atomic mass is 10.1. The molecule has 0 saturated heterocycles. The molecule has 0 spiro atoms. The quantitative estimate of drug-likeness (QED) is 0.420. The Hall–Kier alpha value is -2.28. The van der Waals surface area contributed by atoms with Crippen LogP contribution in [0.2, 0.25) is 0 Å². The van der Waals surface area contributed by atoms with Gasteiger partial charge in [0.05, 0.1) is 13.7 Å². The Morgan fingerprint density at radius 3 is 2.55 bits per heavy atom. The van der Waals surface area contributed by atoms with E-state index in [2.05, 4.69) is 10.1 Å². The number of ether oxygens (including phenoxy) is 1. The van der Waals surface area contributed by atoms with Gasteiger partial charge in [0, 0.05) is 6.42 Å². The molecule has 0 aliphatic rings. The molecule has 1 aromatic rings. The second-order valence-electron chi connectivity index (χ2n) is 4.15. The number of carbonyl (C=O) groups excluding carboxylic acids is 2. The van der Waals surface area contributed by atoms with Gasteiger partial charge in [0.2, 0.25) is 5.91 Å². The van der Waals surface area contributed by atoms with E-state index in [1.165, 1.54) is 12.1 Å². The average Bonchev–Trinajstić information content (AvgIpc) is 2.45. The molecular formula is C13H17NO6. The number of nitrogens with one attached hydrogen (secondary N) is 1. The molecule has 110 valence electrons. The number of hydrogen-bond donors (Lipinski definition) is 4. The summed E-state index contributed by atoms with van der Waals surface area (Å²) in [6, 6.07) is 3.17. The number of methoxy groups -OCH3 is 1. The number of esters is 1. The van der Waals surface area contributed by atoms with E-state index in [9.17, 15) is 14.7 Å². The molecule has 1 amide bonds. The summed E-state index contributed by atoms with van der Waals surface area (Å²) in [6.07, 6.45) is 0.386. The smallest absolute Gasteiger partial charge is 0.330 e. The van der Waals surface area contributed by atoms with Crippen molar-refractivity contribution < 1.29 is 29.6 Å². The van der Waals surface area contributed by atoms with Gasteiger partial charge in [-0.3, -0.25) is 4.79 Å². The van der Waals surface area contributed by atoms with Crippen molar-refractivity contribution in [1.29, 1.82) is 0 Å². The fourth-order valence-electron chi connectivity index (χ4n) is 1.57. The van der Waals surface area contributed by atoms with E-state index in [-0.39, 0.29) is 17.9 Å². The Bertz CT molecular complexity index is 488. The lowest BCUT2D eigenvalue weighted by Crippen LogP contribution is -2.44. The van der Waals surface area contributed by atoms with Crippen molar-refractivity contribution in [2.75, 3.05) is 13.7 Å². The van der Waals surface area contributed by atoms with E-state index >= 15 is 0 Å². The Kier molecular flexibility index (Phi) is 5.79. The van der Waals surface area contributed by atoms with Crippen molar-refractivity contribution in [2.45, 2.75) is 18.9 Å². The molecule has 0 aromatic heterocycles. The summed E-state index contributed by atoms with van der Waals surface area (Å²) < 4.78 is 4.42. The highest BCUT2D eigenvalue weighted by Gasteiger charge is 2.20. The molecule has 0 saturated carbocycles. The summed E-state index contributed by atoms with van der Waals surface area (Å²) in [7, 11) is 1.16. The molecule has 20 heavy (non-hydrogen) atoms. The number of aliphatic hydroxyl groups is 1. The average molecular weight is 283 g/mol. The number of carbonyl (C=O) groups is 2. The fraction of sp³-hybridized carbons (Fsp3) is 0.385. The van der Waals surface area contributed by atoms with Crippen molar-refractivity contribution in [3.8, 4) is 11.5 Å². The molecule has 1 rings (SSSR count). The van der Waals surface area contributed by atoms with Gasteiger partial charge in [-0.05, 0) is 24.1 Å². The van der Waals surface area contributed by atoms with Gasteiger partial charge < -0.3 is 25.4 Å². The van der Waals surface area contributed by atoms with Crippen molar-refractivity contribution >= 4 is 11.9 Å². The molecular weight excluding hydrogens is 266 g/mol. The molecule has 0 bridgehead atoms. The number of rotatable bonds is 6. The minimum Gasteiger partial charge on any atom is -0.504 e. The molecule has 7 nitrogen and oxygen atoms in total. The van der Waals surface area contributed by atoms with Crippen LogP contribution < -0.4 is 5.32 Å². The molecule has 0 heterocycles. The third-order valence-corrected chi connectivity index (χ3v) is 2.68. The maximum Gasteiger partial charge on any atom is 0.330 e. The highest BCUT2D eigenvalue weighted by atomic mass is 16.5. The standard InChI is InChI=1S/C13H17NO6/c1-20-13(19)9(7-15)14-12(18)5-3-8-2-4-10(16)11(17)6-8/h2,4,6,9,15-17H,3,5,7H2,1H3,(H,14,18). The van der Waals surface area contributed by atoms with Gasteiger partial charge in [-0.15, -0.1) is 0 Å². The molecule has 0 aliphatic carbocycles. The number of amides is 1. The van der Waals surface area contributed by atoms with Crippen LogP contribution in [-0.2, 0) is 20.7 Å². The van der Waals surface area contributed by atoms with Crippen molar-refractivity contribution in [3.63, 3.8) is 0 Å². The zero-order valence-electron chi connectivity index (χ0n) is 11.0. The highest BCUT2D eigenvalue weighted by molar-refractivity contribution is 5.84. The van der Waals surface area contributed by atoms with Crippen LogP contribution in [0.15, 0.2) is 18.2 Å². The third kappa shape index (κ3) is 4.43. The highest BCUT2D eigenvalue weighted by Crippen LogP contribution is 2.25. The topological polar surface area (TPSA) is 116 Å². The number of benzene rings is 1. The van der Waals surface area contributed by atoms with E-state index in [0.29, 0.717) is 12.0 Å². The molecule has 1 aromatic carbocycles. The van der Waals surface area contributed by atoms with Crippen LogP contribution in [0, 0.1) is 0 Å². The fourth-order valence-corrected chi connectivity index (χ4v) is 1.57. The second kappa shape index (κ2) is 7.34. The Morgan fingerprint density at radius 1 is 1.30 bits per heavy atom. The molecule has 4 N–H and O–H groups in total. The number of hydrogen-bond acceptors (Lipinski definition) is 6. The first kappa shape index (κ1) is 15.8. The van der Waals surface area contributed by atoms with Crippen LogP contribution in [0.25, 0.3) is 0 Å². The predicted molar refractivity (Wildman–Crippen MR) is 69.1 cm³/mol. The Labute approximate surface area is 115 Å². The number of aromatic hydroxyl groups is 2. The van der Waals surface area contributed by atoms with Gasteiger partial charge in [-0.2, -0.15) is 0 Å². The maximum atomic E-state index is 11.6. The van der Waals surface area contributed by atoms with Crippen molar-refractivity contribution in [3.05, 3.63) is 23.8 Å². The molecule has 1 atom stereocenters. The molecule has 1 unspecified atom stereocenters. The number of aryl methyl sites for hydroxylation is 1. The summed E-state index contributed by atoms with van der Waals surface area (Å²) >= 11 is 0. The Morgan fingerprint density at radius 2 is 2.00 bits per heavy atom. The lowest BCUT2D eigenvalue weighted by Gasteiger charge is -2.13. The number of phenolic OH excluding ortho intramolecular Hbond substituents is 2. The summed E-state index contributed by atoms with van der Waals surface area (Å²) in [6.45, 7) is -0.543. The zero-order valence-corrected chi connectivity index (χ0v) is 11.0.